The fourth-order valence-corrected chi connectivity index (χ4v) is 4.74. The SMILES string of the molecule is CC(C)CNC(=O)C(Cc1ccccc1)N(Cc1ccc(Cl)c(Cl)c1)C(=O)COc1ccc(Cl)cc1Br. The highest BCUT2D eigenvalue weighted by atomic mass is 79.9. The topological polar surface area (TPSA) is 58.6 Å². The third kappa shape index (κ3) is 8.92. The fraction of sp³-hybridized carbons (Fsp3) is 0.286. The highest BCUT2D eigenvalue weighted by Crippen LogP contribution is 2.28. The molecule has 5 nitrogen and oxygen atoms in total. The van der Waals surface area contributed by atoms with Gasteiger partial charge >= 0.3 is 0 Å². The lowest BCUT2D eigenvalue weighted by molar-refractivity contribution is -0.142. The highest BCUT2D eigenvalue weighted by Gasteiger charge is 2.31. The van der Waals surface area contributed by atoms with E-state index in [1.54, 1.807) is 36.4 Å². The molecule has 37 heavy (non-hydrogen) atoms. The molecule has 0 aliphatic carbocycles. The molecule has 0 aliphatic heterocycles. The Morgan fingerprint density at radius 3 is 2.32 bits per heavy atom. The lowest BCUT2D eigenvalue weighted by Gasteiger charge is -2.32. The summed E-state index contributed by atoms with van der Waals surface area (Å²) in [4.78, 5) is 28.6. The Morgan fingerprint density at radius 2 is 1.68 bits per heavy atom. The minimum atomic E-state index is -0.777. The lowest BCUT2D eigenvalue weighted by atomic mass is 10.0. The van der Waals surface area contributed by atoms with E-state index in [0.29, 0.717) is 38.3 Å². The first-order valence-corrected chi connectivity index (χ1v) is 13.7. The van der Waals surface area contributed by atoms with Crippen molar-refractivity contribution in [1.29, 1.82) is 0 Å². The van der Waals surface area contributed by atoms with Crippen LogP contribution in [0.4, 0.5) is 0 Å². The number of hydrogen-bond acceptors (Lipinski definition) is 3. The summed E-state index contributed by atoms with van der Waals surface area (Å²) in [6, 6.07) is 19.0. The second-order valence-electron chi connectivity index (χ2n) is 8.98. The van der Waals surface area contributed by atoms with Gasteiger partial charge in [-0.1, -0.05) is 85.0 Å². The molecule has 0 bridgehead atoms. The molecule has 0 aliphatic rings. The number of carbonyl (C=O) groups is 2. The van der Waals surface area contributed by atoms with Crippen molar-refractivity contribution in [2.24, 2.45) is 5.92 Å². The minimum Gasteiger partial charge on any atom is -0.483 e. The third-order valence-corrected chi connectivity index (χ3v) is 7.13. The first-order chi connectivity index (χ1) is 17.6. The maximum absolute atomic E-state index is 13.6. The van der Waals surface area contributed by atoms with E-state index < -0.39 is 6.04 Å². The molecular formula is C28H28BrCl3N2O3. The van der Waals surface area contributed by atoms with Gasteiger partial charge in [-0.25, -0.2) is 0 Å². The van der Waals surface area contributed by atoms with Crippen molar-refractivity contribution in [3.8, 4) is 5.75 Å². The number of nitrogens with zero attached hydrogens (tertiary/aromatic N) is 1. The smallest absolute Gasteiger partial charge is 0.261 e. The number of halogens is 4. The molecule has 0 radical (unpaired) electrons. The number of carbonyl (C=O) groups excluding carboxylic acids is 2. The van der Waals surface area contributed by atoms with Crippen LogP contribution in [0.1, 0.15) is 25.0 Å². The summed E-state index contributed by atoms with van der Waals surface area (Å²) < 4.78 is 6.44. The first-order valence-electron chi connectivity index (χ1n) is 11.8. The van der Waals surface area contributed by atoms with Crippen LogP contribution in [-0.2, 0) is 22.6 Å². The van der Waals surface area contributed by atoms with Crippen LogP contribution in [0, 0.1) is 5.92 Å². The second kappa shape index (κ2) is 14.1. The quantitative estimate of drug-likeness (QED) is 0.245. The number of amides is 2. The second-order valence-corrected chi connectivity index (χ2v) is 11.1. The van der Waals surface area contributed by atoms with Crippen LogP contribution in [0.5, 0.6) is 5.75 Å². The molecule has 196 valence electrons. The molecule has 2 amide bonds. The summed E-state index contributed by atoms with van der Waals surface area (Å²) in [7, 11) is 0. The molecule has 1 atom stereocenters. The number of nitrogens with one attached hydrogen (secondary N) is 1. The van der Waals surface area contributed by atoms with Crippen LogP contribution in [0.3, 0.4) is 0 Å². The van der Waals surface area contributed by atoms with Gasteiger partial charge in [-0.2, -0.15) is 0 Å². The Kier molecular flexibility index (Phi) is 11.1. The van der Waals surface area contributed by atoms with Crippen molar-refractivity contribution in [3.05, 3.63) is 97.4 Å². The van der Waals surface area contributed by atoms with Crippen LogP contribution in [0.15, 0.2) is 71.2 Å². The van der Waals surface area contributed by atoms with Gasteiger partial charge in [0.15, 0.2) is 6.61 Å². The standard InChI is InChI=1S/C28H28BrCl3N2O3/c1-18(2)15-33-28(36)25(13-19-6-4-3-5-7-19)34(16-20-8-10-23(31)24(32)12-20)27(35)17-37-26-11-9-21(30)14-22(26)29/h3-12,14,18,25H,13,15-17H2,1-2H3,(H,33,36). The zero-order chi connectivity index (χ0) is 26.9. The summed E-state index contributed by atoms with van der Waals surface area (Å²) in [5.74, 6) is 0.134. The molecule has 9 heteroatoms. The van der Waals surface area contributed by atoms with Crippen LogP contribution in [0.25, 0.3) is 0 Å². The van der Waals surface area contributed by atoms with Crippen molar-refractivity contribution in [1.82, 2.24) is 10.2 Å². The van der Waals surface area contributed by atoms with Gasteiger partial charge in [0.1, 0.15) is 11.8 Å². The fourth-order valence-electron chi connectivity index (χ4n) is 3.63. The molecule has 3 rings (SSSR count). The molecular weight excluding hydrogens is 599 g/mol. The van der Waals surface area contributed by atoms with Gasteiger partial charge < -0.3 is 15.0 Å². The van der Waals surface area contributed by atoms with Gasteiger partial charge in [-0.15, -0.1) is 0 Å². The number of hydrogen-bond donors (Lipinski definition) is 1. The Balaban J connectivity index is 1.93. The summed E-state index contributed by atoms with van der Waals surface area (Å²) in [6.45, 7) is 4.40. The Hall–Kier alpha value is -2.25. The van der Waals surface area contributed by atoms with Crippen molar-refractivity contribution in [2.45, 2.75) is 32.9 Å². The Morgan fingerprint density at radius 1 is 0.946 bits per heavy atom. The normalized spacial score (nSPS) is 11.8. The monoisotopic (exact) mass is 624 g/mol. The van der Waals surface area contributed by atoms with Gasteiger partial charge in [0.2, 0.25) is 5.91 Å². The number of rotatable bonds is 11. The van der Waals surface area contributed by atoms with Crippen molar-refractivity contribution in [3.63, 3.8) is 0 Å². The molecule has 3 aromatic carbocycles. The molecule has 0 saturated heterocycles. The maximum atomic E-state index is 13.6. The van der Waals surface area contributed by atoms with Crippen LogP contribution in [-0.4, -0.2) is 35.9 Å². The van der Waals surface area contributed by atoms with E-state index in [1.807, 2.05) is 44.2 Å². The Labute approximate surface area is 241 Å². The predicted molar refractivity (Wildman–Crippen MR) is 153 cm³/mol. The van der Waals surface area contributed by atoms with E-state index in [4.69, 9.17) is 39.5 Å². The van der Waals surface area contributed by atoms with Crippen LogP contribution in [0.2, 0.25) is 15.1 Å². The van der Waals surface area contributed by atoms with Crippen molar-refractivity contribution < 1.29 is 14.3 Å². The Bertz CT molecular complexity index is 1220. The van der Waals surface area contributed by atoms with E-state index in [2.05, 4.69) is 21.2 Å². The molecule has 0 aromatic heterocycles. The summed E-state index contributed by atoms with van der Waals surface area (Å²) in [5, 5.41) is 4.31. The lowest BCUT2D eigenvalue weighted by Crippen LogP contribution is -2.52. The van der Waals surface area contributed by atoms with E-state index in [-0.39, 0.29) is 30.9 Å². The van der Waals surface area contributed by atoms with Crippen molar-refractivity contribution >= 4 is 62.5 Å². The van der Waals surface area contributed by atoms with Gasteiger partial charge in [-0.05, 0) is 63.3 Å². The molecule has 3 aromatic rings. The van der Waals surface area contributed by atoms with Crippen LogP contribution < -0.4 is 10.1 Å². The summed E-state index contributed by atoms with van der Waals surface area (Å²) >= 11 is 21.8. The first kappa shape index (κ1) is 29.3. The zero-order valence-electron chi connectivity index (χ0n) is 20.5. The van der Waals surface area contributed by atoms with Gasteiger partial charge in [0.25, 0.3) is 5.91 Å². The average Bonchev–Trinajstić information content (AvgIpc) is 2.86. The zero-order valence-corrected chi connectivity index (χ0v) is 24.4. The van der Waals surface area contributed by atoms with Crippen LogP contribution >= 0.6 is 50.7 Å². The van der Waals surface area contributed by atoms with E-state index in [1.165, 1.54) is 4.90 Å². The van der Waals surface area contributed by atoms with E-state index in [9.17, 15) is 9.59 Å². The largest absolute Gasteiger partial charge is 0.483 e. The minimum absolute atomic E-state index is 0.146. The summed E-state index contributed by atoms with van der Waals surface area (Å²) in [5.41, 5.74) is 1.67. The predicted octanol–water partition coefficient (Wildman–Crippen LogP) is 7.20. The maximum Gasteiger partial charge on any atom is 0.261 e. The molecule has 1 unspecified atom stereocenters. The molecule has 0 spiro atoms. The highest BCUT2D eigenvalue weighted by molar-refractivity contribution is 9.10. The van der Waals surface area contributed by atoms with Gasteiger partial charge in [0, 0.05) is 24.5 Å². The molecule has 0 fully saturated rings. The summed E-state index contributed by atoms with van der Waals surface area (Å²) in [6.07, 6.45) is 0.336. The van der Waals surface area contributed by atoms with Crippen molar-refractivity contribution in [2.75, 3.05) is 13.2 Å². The molecule has 0 heterocycles. The third-order valence-electron chi connectivity index (χ3n) is 5.54. The molecule has 1 N–H and O–H groups in total. The van der Waals surface area contributed by atoms with Gasteiger partial charge in [0.05, 0.1) is 14.5 Å². The number of benzene rings is 3. The molecule has 0 saturated carbocycles. The van der Waals surface area contributed by atoms with E-state index >= 15 is 0 Å². The number of ether oxygens (including phenoxy) is 1. The van der Waals surface area contributed by atoms with Gasteiger partial charge in [-0.3, -0.25) is 9.59 Å². The average molecular weight is 627 g/mol. The van der Waals surface area contributed by atoms with E-state index in [0.717, 1.165) is 11.1 Å².